The quantitative estimate of drug-likeness (QED) is 0.668. The molecule has 1 aromatic carbocycles. The van der Waals surface area contributed by atoms with Crippen LogP contribution in [0.25, 0.3) is 16.8 Å². The van der Waals surface area contributed by atoms with Gasteiger partial charge in [0.15, 0.2) is 0 Å². The Morgan fingerprint density at radius 2 is 1.96 bits per heavy atom. The molecule has 2 heterocycles. The van der Waals surface area contributed by atoms with Gasteiger partial charge < -0.3 is 4.74 Å². The first-order valence-corrected chi connectivity index (χ1v) is 7.92. The standard InChI is InChI=1S/C17H16N2O2.C2H6/c1-3-21-17(20)16-18-15(13-8-6-7-12(2)11-13)14-9-4-5-10-19(14)16;1-2/h4-11H,3H2,1-2H3;1-2H3. The molecule has 0 aliphatic rings. The number of pyridine rings is 1. The number of hydrogen-bond donors (Lipinski definition) is 0. The lowest BCUT2D eigenvalue weighted by Crippen LogP contribution is -2.09. The Hall–Kier alpha value is -2.62. The van der Waals surface area contributed by atoms with Crippen LogP contribution in [0.15, 0.2) is 48.7 Å². The molecule has 2 aromatic heterocycles. The Kier molecular flexibility index (Phi) is 5.52. The van der Waals surface area contributed by atoms with Crippen LogP contribution in [0.5, 0.6) is 0 Å². The third kappa shape index (κ3) is 3.42. The smallest absolute Gasteiger partial charge is 0.374 e. The lowest BCUT2D eigenvalue weighted by molar-refractivity contribution is 0.0511. The van der Waals surface area contributed by atoms with Gasteiger partial charge in [0, 0.05) is 11.8 Å². The molecule has 0 radical (unpaired) electrons. The highest BCUT2D eigenvalue weighted by Crippen LogP contribution is 2.25. The van der Waals surface area contributed by atoms with E-state index in [-0.39, 0.29) is 0 Å². The molecule has 0 saturated carbocycles. The highest BCUT2D eigenvalue weighted by Gasteiger charge is 2.18. The van der Waals surface area contributed by atoms with Crippen molar-refractivity contribution in [2.75, 3.05) is 6.61 Å². The number of aromatic nitrogens is 2. The Balaban J connectivity index is 0.000000924. The van der Waals surface area contributed by atoms with Crippen molar-refractivity contribution < 1.29 is 9.53 Å². The summed E-state index contributed by atoms with van der Waals surface area (Å²) in [5.74, 6) is -0.0958. The minimum atomic E-state index is -0.405. The SMILES string of the molecule is CC.CCOC(=O)c1nc(-c2cccc(C)c2)c2ccccn12. The van der Waals surface area contributed by atoms with Crippen molar-refractivity contribution in [3.63, 3.8) is 0 Å². The minimum Gasteiger partial charge on any atom is -0.460 e. The molecule has 0 N–H and O–H groups in total. The predicted octanol–water partition coefficient (Wildman–Crippen LogP) is 4.51. The molecular weight excluding hydrogens is 288 g/mol. The normalized spacial score (nSPS) is 10.1. The third-order valence-electron chi connectivity index (χ3n) is 3.30. The van der Waals surface area contributed by atoms with Crippen LogP contribution in [0.2, 0.25) is 0 Å². The molecule has 3 aromatic rings. The molecule has 0 saturated heterocycles. The number of carbonyl (C=O) groups is 1. The topological polar surface area (TPSA) is 43.6 Å². The Morgan fingerprint density at radius 3 is 2.65 bits per heavy atom. The van der Waals surface area contributed by atoms with Gasteiger partial charge in [0.1, 0.15) is 0 Å². The van der Waals surface area contributed by atoms with Gasteiger partial charge in [-0.25, -0.2) is 9.78 Å². The van der Waals surface area contributed by atoms with Crippen LogP contribution >= 0.6 is 0 Å². The molecule has 0 atom stereocenters. The second-order valence-electron chi connectivity index (χ2n) is 4.83. The molecule has 0 aliphatic heterocycles. The van der Waals surface area contributed by atoms with Crippen LogP contribution in [-0.4, -0.2) is 22.0 Å². The van der Waals surface area contributed by atoms with E-state index in [1.807, 2.05) is 63.4 Å². The number of benzene rings is 1. The fourth-order valence-electron chi connectivity index (χ4n) is 2.38. The number of aryl methyl sites for hydroxylation is 1. The molecule has 0 fully saturated rings. The van der Waals surface area contributed by atoms with E-state index in [9.17, 15) is 4.79 Å². The fourth-order valence-corrected chi connectivity index (χ4v) is 2.38. The van der Waals surface area contributed by atoms with E-state index >= 15 is 0 Å². The second-order valence-corrected chi connectivity index (χ2v) is 4.83. The first-order chi connectivity index (χ1) is 11.2. The average Bonchev–Trinajstić information content (AvgIpc) is 2.97. The van der Waals surface area contributed by atoms with Crippen molar-refractivity contribution in [1.29, 1.82) is 0 Å². The highest BCUT2D eigenvalue weighted by molar-refractivity contribution is 5.90. The van der Waals surface area contributed by atoms with Crippen LogP contribution < -0.4 is 0 Å². The number of carbonyl (C=O) groups excluding carboxylic acids is 1. The van der Waals surface area contributed by atoms with E-state index in [1.54, 1.807) is 11.3 Å². The van der Waals surface area contributed by atoms with Crippen molar-refractivity contribution in [2.45, 2.75) is 27.7 Å². The lowest BCUT2D eigenvalue weighted by Gasteiger charge is -2.00. The Labute approximate surface area is 136 Å². The zero-order valence-electron chi connectivity index (χ0n) is 14.0. The van der Waals surface area contributed by atoms with Gasteiger partial charge in [0.25, 0.3) is 0 Å². The maximum Gasteiger partial charge on any atom is 0.374 e. The van der Waals surface area contributed by atoms with Gasteiger partial charge in [-0.05, 0) is 32.0 Å². The Bertz CT molecular complexity index is 806. The van der Waals surface area contributed by atoms with Crippen molar-refractivity contribution >= 4 is 11.5 Å². The van der Waals surface area contributed by atoms with Crippen LogP contribution in [0.3, 0.4) is 0 Å². The van der Waals surface area contributed by atoms with E-state index in [0.29, 0.717) is 12.4 Å². The van der Waals surface area contributed by atoms with E-state index in [4.69, 9.17) is 4.74 Å². The molecule has 23 heavy (non-hydrogen) atoms. The summed E-state index contributed by atoms with van der Waals surface area (Å²) in [6.45, 7) is 8.16. The minimum absolute atomic E-state index is 0.309. The zero-order valence-corrected chi connectivity index (χ0v) is 14.0. The van der Waals surface area contributed by atoms with Crippen molar-refractivity contribution in [2.24, 2.45) is 0 Å². The van der Waals surface area contributed by atoms with Crippen LogP contribution in [0, 0.1) is 6.92 Å². The summed E-state index contributed by atoms with van der Waals surface area (Å²) in [7, 11) is 0. The molecule has 0 spiro atoms. The predicted molar refractivity (Wildman–Crippen MR) is 92.7 cm³/mol. The molecular formula is C19H22N2O2. The van der Waals surface area contributed by atoms with Crippen LogP contribution in [0.4, 0.5) is 0 Å². The summed E-state index contributed by atoms with van der Waals surface area (Å²) in [4.78, 5) is 16.6. The summed E-state index contributed by atoms with van der Waals surface area (Å²) in [5.41, 5.74) is 3.84. The van der Waals surface area contributed by atoms with E-state index in [0.717, 1.165) is 22.3 Å². The monoisotopic (exact) mass is 310 g/mol. The number of imidazole rings is 1. The second kappa shape index (κ2) is 7.58. The first kappa shape index (κ1) is 16.7. The van der Waals surface area contributed by atoms with Gasteiger partial charge in [-0.2, -0.15) is 0 Å². The summed E-state index contributed by atoms with van der Waals surface area (Å²) in [6.07, 6.45) is 1.83. The maximum absolute atomic E-state index is 12.1. The fraction of sp³-hybridized carbons (Fsp3) is 0.263. The number of rotatable bonds is 3. The van der Waals surface area contributed by atoms with Crippen LogP contribution in [-0.2, 0) is 4.74 Å². The van der Waals surface area contributed by atoms with Gasteiger partial charge in [0.05, 0.1) is 17.8 Å². The number of esters is 1. The van der Waals surface area contributed by atoms with Gasteiger partial charge in [-0.15, -0.1) is 0 Å². The number of ether oxygens (including phenoxy) is 1. The van der Waals surface area contributed by atoms with Crippen LogP contribution in [0.1, 0.15) is 37.0 Å². The third-order valence-corrected chi connectivity index (χ3v) is 3.30. The van der Waals surface area contributed by atoms with Gasteiger partial charge in [-0.3, -0.25) is 4.40 Å². The summed E-state index contributed by atoms with van der Waals surface area (Å²) in [5, 5.41) is 0. The Morgan fingerprint density at radius 1 is 1.17 bits per heavy atom. The number of fused-ring (bicyclic) bond motifs is 1. The highest BCUT2D eigenvalue weighted by atomic mass is 16.5. The number of nitrogens with zero attached hydrogens (tertiary/aromatic N) is 2. The van der Waals surface area contributed by atoms with Crippen molar-refractivity contribution in [3.8, 4) is 11.3 Å². The molecule has 0 unspecified atom stereocenters. The molecule has 4 heteroatoms. The largest absolute Gasteiger partial charge is 0.460 e. The zero-order chi connectivity index (χ0) is 16.8. The molecule has 0 aliphatic carbocycles. The maximum atomic E-state index is 12.1. The summed E-state index contributed by atoms with van der Waals surface area (Å²) < 4.78 is 6.86. The molecule has 0 amide bonds. The van der Waals surface area contributed by atoms with Gasteiger partial charge in [0.2, 0.25) is 5.82 Å². The number of hydrogen-bond acceptors (Lipinski definition) is 3. The molecule has 4 nitrogen and oxygen atoms in total. The van der Waals surface area contributed by atoms with Gasteiger partial charge in [-0.1, -0.05) is 43.7 Å². The molecule has 3 rings (SSSR count). The van der Waals surface area contributed by atoms with E-state index in [2.05, 4.69) is 11.1 Å². The van der Waals surface area contributed by atoms with Gasteiger partial charge >= 0.3 is 5.97 Å². The summed E-state index contributed by atoms with van der Waals surface area (Å²) in [6, 6.07) is 13.8. The average molecular weight is 310 g/mol. The summed E-state index contributed by atoms with van der Waals surface area (Å²) >= 11 is 0. The van der Waals surface area contributed by atoms with E-state index in [1.165, 1.54) is 0 Å². The van der Waals surface area contributed by atoms with E-state index < -0.39 is 5.97 Å². The van der Waals surface area contributed by atoms with Crippen molar-refractivity contribution in [1.82, 2.24) is 9.38 Å². The first-order valence-electron chi connectivity index (χ1n) is 7.92. The lowest BCUT2D eigenvalue weighted by atomic mass is 10.1. The molecule has 0 bridgehead atoms. The molecule has 120 valence electrons. The van der Waals surface area contributed by atoms with Crippen molar-refractivity contribution in [3.05, 3.63) is 60.0 Å².